The molecule has 0 saturated carbocycles. The molecule has 0 saturated heterocycles. The fraction of sp³-hybridized carbons (Fsp3) is 0.357. The topological polar surface area (TPSA) is 64.6 Å². The lowest BCUT2D eigenvalue weighted by Gasteiger charge is -2.34. The van der Waals surface area contributed by atoms with E-state index in [2.05, 4.69) is 12.2 Å². The lowest BCUT2D eigenvalue weighted by atomic mass is 9.75. The first kappa shape index (κ1) is 24.1. The summed E-state index contributed by atoms with van der Waals surface area (Å²) in [4.78, 5) is 26.3. The number of carbonyl (C=O) groups is 2. The van der Waals surface area contributed by atoms with Crippen molar-refractivity contribution in [2.24, 2.45) is 0 Å². The molecule has 34 heavy (non-hydrogen) atoms. The zero-order chi connectivity index (χ0) is 23.9. The molecule has 178 valence electrons. The van der Waals surface area contributed by atoms with Gasteiger partial charge in [-0.2, -0.15) is 11.8 Å². The zero-order valence-electron chi connectivity index (χ0n) is 19.8. The third kappa shape index (κ3) is 5.55. The molecule has 2 aromatic rings. The van der Waals surface area contributed by atoms with Crippen LogP contribution in [0.4, 0.5) is 0 Å². The number of ketones is 1. The Morgan fingerprint density at radius 2 is 1.94 bits per heavy atom. The van der Waals surface area contributed by atoms with Crippen LogP contribution in [0.1, 0.15) is 50.2 Å². The van der Waals surface area contributed by atoms with E-state index < -0.39 is 5.92 Å². The molecule has 0 aromatic heterocycles. The van der Waals surface area contributed by atoms with Crippen molar-refractivity contribution >= 4 is 23.5 Å². The Morgan fingerprint density at radius 1 is 1.12 bits per heavy atom. The van der Waals surface area contributed by atoms with Crippen molar-refractivity contribution in [2.75, 3.05) is 18.1 Å². The van der Waals surface area contributed by atoms with Gasteiger partial charge in [-0.3, -0.25) is 4.79 Å². The summed E-state index contributed by atoms with van der Waals surface area (Å²) in [6.45, 7) is 4.77. The summed E-state index contributed by atoms with van der Waals surface area (Å²) in [5, 5.41) is 3.34. The zero-order valence-corrected chi connectivity index (χ0v) is 20.6. The van der Waals surface area contributed by atoms with Crippen LogP contribution in [0.2, 0.25) is 0 Å². The summed E-state index contributed by atoms with van der Waals surface area (Å²) < 4.78 is 11.7. The predicted molar refractivity (Wildman–Crippen MR) is 136 cm³/mol. The number of rotatable bonds is 9. The molecule has 2 aromatic carbocycles. The maximum atomic E-state index is 13.2. The summed E-state index contributed by atoms with van der Waals surface area (Å²) >= 11 is 1.73. The van der Waals surface area contributed by atoms with Gasteiger partial charge < -0.3 is 14.8 Å². The number of hydrogen-bond donors (Lipinski definition) is 1. The van der Waals surface area contributed by atoms with Gasteiger partial charge in [0.25, 0.3) is 0 Å². The molecule has 6 heteroatoms. The number of thioether (sulfide) groups is 1. The van der Waals surface area contributed by atoms with Gasteiger partial charge in [-0.05, 0) is 48.8 Å². The molecule has 0 bridgehead atoms. The third-order valence-electron chi connectivity index (χ3n) is 6.10. The van der Waals surface area contributed by atoms with Crippen molar-refractivity contribution in [1.29, 1.82) is 0 Å². The Labute approximate surface area is 205 Å². The molecular formula is C28H31NO4S. The van der Waals surface area contributed by atoms with Crippen LogP contribution in [-0.4, -0.2) is 29.9 Å². The van der Waals surface area contributed by atoms with Gasteiger partial charge in [0, 0.05) is 35.1 Å². The Hall–Kier alpha value is -2.99. The van der Waals surface area contributed by atoms with Crippen LogP contribution in [0, 0.1) is 0 Å². The number of ether oxygens (including phenoxy) is 2. The summed E-state index contributed by atoms with van der Waals surface area (Å²) in [6, 6.07) is 17.7. The summed E-state index contributed by atoms with van der Waals surface area (Å²) in [5.74, 6) is 1.69. The number of Topliss-reactive ketones (excluding diaryl/α,β-unsaturated/α-hetero) is 1. The fourth-order valence-corrected chi connectivity index (χ4v) is 5.02. The van der Waals surface area contributed by atoms with Gasteiger partial charge in [0.15, 0.2) is 5.78 Å². The van der Waals surface area contributed by atoms with E-state index in [1.54, 1.807) is 11.8 Å². The number of hydrogen-bond acceptors (Lipinski definition) is 6. The third-order valence-corrected chi connectivity index (χ3v) is 6.96. The number of benzene rings is 2. The van der Waals surface area contributed by atoms with Gasteiger partial charge in [-0.1, -0.05) is 49.4 Å². The molecule has 1 unspecified atom stereocenters. The quantitative estimate of drug-likeness (QED) is 0.378. The summed E-state index contributed by atoms with van der Waals surface area (Å²) in [5.41, 5.74) is 4.81. The highest BCUT2D eigenvalue weighted by Crippen LogP contribution is 2.43. The van der Waals surface area contributed by atoms with E-state index in [-0.39, 0.29) is 11.8 Å². The van der Waals surface area contributed by atoms with Crippen molar-refractivity contribution in [1.82, 2.24) is 5.32 Å². The minimum Gasteiger partial charge on any atom is -0.489 e. The number of carbonyl (C=O) groups excluding carboxylic acids is 2. The van der Waals surface area contributed by atoms with E-state index in [9.17, 15) is 9.59 Å². The minimum atomic E-state index is -0.462. The maximum Gasteiger partial charge on any atom is 0.336 e. The molecule has 1 heterocycles. The fourth-order valence-electron chi connectivity index (χ4n) is 4.53. The monoisotopic (exact) mass is 477 g/mol. The molecule has 1 aliphatic heterocycles. The van der Waals surface area contributed by atoms with Gasteiger partial charge in [0.05, 0.1) is 5.57 Å². The Bertz CT molecular complexity index is 1110. The Morgan fingerprint density at radius 3 is 2.74 bits per heavy atom. The summed E-state index contributed by atoms with van der Waals surface area (Å²) in [7, 11) is 0. The molecular weight excluding hydrogens is 446 g/mol. The van der Waals surface area contributed by atoms with Crippen LogP contribution >= 0.6 is 11.8 Å². The Balaban J connectivity index is 1.64. The van der Waals surface area contributed by atoms with Crippen LogP contribution in [0.3, 0.4) is 0 Å². The van der Waals surface area contributed by atoms with E-state index in [0.717, 1.165) is 46.9 Å². The van der Waals surface area contributed by atoms with Crippen molar-refractivity contribution in [2.45, 2.75) is 45.6 Å². The number of esters is 1. The average molecular weight is 478 g/mol. The maximum absolute atomic E-state index is 13.2. The standard InChI is InChI=1S/C28H31NO4S/c1-3-34-16-15-32-28(31)25-19(2)29-23-13-8-14-24(30)27(23)26(25)21-11-7-12-22(17-21)33-18-20-9-5-4-6-10-20/h4-7,9-12,17,26,29H,3,8,13-16,18H2,1-2H3. The van der Waals surface area contributed by atoms with E-state index in [4.69, 9.17) is 9.47 Å². The number of nitrogens with one attached hydrogen (secondary N) is 1. The molecule has 0 radical (unpaired) electrons. The van der Waals surface area contributed by atoms with Gasteiger partial charge in [0.2, 0.25) is 0 Å². The van der Waals surface area contributed by atoms with Gasteiger partial charge in [0.1, 0.15) is 19.0 Å². The first-order valence-corrected chi connectivity index (χ1v) is 13.0. The van der Waals surface area contributed by atoms with Crippen molar-refractivity contribution < 1.29 is 19.1 Å². The van der Waals surface area contributed by atoms with Gasteiger partial charge in [-0.25, -0.2) is 4.79 Å². The molecule has 0 spiro atoms. The first-order valence-electron chi connectivity index (χ1n) is 11.8. The van der Waals surface area contributed by atoms with Crippen molar-refractivity contribution in [3.63, 3.8) is 0 Å². The van der Waals surface area contributed by atoms with E-state index in [0.29, 0.717) is 36.5 Å². The second-order valence-electron chi connectivity index (χ2n) is 8.45. The van der Waals surface area contributed by atoms with Gasteiger partial charge in [-0.15, -0.1) is 0 Å². The molecule has 2 aliphatic rings. The molecule has 1 N–H and O–H groups in total. The van der Waals surface area contributed by atoms with E-state index in [1.165, 1.54) is 0 Å². The predicted octanol–water partition coefficient (Wildman–Crippen LogP) is 5.53. The smallest absolute Gasteiger partial charge is 0.336 e. The molecule has 1 atom stereocenters. The number of dihydropyridines is 1. The summed E-state index contributed by atoms with van der Waals surface area (Å²) in [6.07, 6.45) is 2.11. The molecule has 5 nitrogen and oxygen atoms in total. The first-order chi connectivity index (χ1) is 16.6. The molecule has 0 amide bonds. The van der Waals surface area contributed by atoms with Crippen LogP contribution < -0.4 is 10.1 Å². The molecule has 0 fully saturated rings. The van der Waals surface area contributed by atoms with E-state index >= 15 is 0 Å². The molecule has 4 rings (SSSR count). The second kappa shape index (κ2) is 11.4. The lowest BCUT2D eigenvalue weighted by Crippen LogP contribution is -2.34. The average Bonchev–Trinajstić information content (AvgIpc) is 2.85. The van der Waals surface area contributed by atoms with Crippen molar-refractivity contribution in [3.8, 4) is 5.75 Å². The number of allylic oxidation sites excluding steroid dienone is 3. The minimum absolute atomic E-state index is 0.0914. The van der Waals surface area contributed by atoms with E-state index in [1.807, 2.05) is 61.5 Å². The highest BCUT2D eigenvalue weighted by atomic mass is 32.2. The van der Waals surface area contributed by atoms with Crippen LogP contribution in [0.15, 0.2) is 77.1 Å². The van der Waals surface area contributed by atoms with Gasteiger partial charge >= 0.3 is 5.97 Å². The van der Waals surface area contributed by atoms with Crippen molar-refractivity contribution in [3.05, 3.63) is 88.3 Å². The van der Waals surface area contributed by atoms with Crippen LogP contribution in [0.5, 0.6) is 5.75 Å². The molecule has 1 aliphatic carbocycles. The second-order valence-corrected chi connectivity index (χ2v) is 9.84. The largest absolute Gasteiger partial charge is 0.489 e. The normalized spacial score (nSPS) is 17.8. The van der Waals surface area contributed by atoms with Crippen LogP contribution in [-0.2, 0) is 20.9 Å². The highest BCUT2D eigenvalue weighted by Gasteiger charge is 2.39. The highest BCUT2D eigenvalue weighted by molar-refractivity contribution is 7.99. The Kier molecular flexibility index (Phi) is 8.12. The SMILES string of the molecule is CCSCCOC(=O)C1=C(C)NC2=C(C(=O)CCC2)C1c1cccc(OCc2ccccc2)c1. The van der Waals surface area contributed by atoms with Crippen LogP contribution in [0.25, 0.3) is 0 Å². The lowest BCUT2D eigenvalue weighted by molar-refractivity contribution is -0.138.